The van der Waals surface area contributed by atoms with Gasteiger partial charge < -0.3 is 54.6 Å². The summed E-state index contributed by atoms with van der Waals surface area (Å²) in [6.45, 7) is 0.722. The van der Waals surface area contributed by atoms with Crippen LogP contribution in [0, 0.1) is 0 Å². The third-order valence-electron chi connectivity index (χ3n) is 1.07. The van der Waals surface area contributed by atoms with Gasteiger partial charge in [-0.1, -0.05) is 0 Å². The van der Waals surface area contributed by atoms with Crippen molar-refractivity contribution in [2.24, 2.45) is 0 Å². The van der Waals surface area contributed by atoms with Crippen molar-refractivity contribution in [3.63, 3.8) is 0 Å². The van der Waals surface area contributed by atoms with E-state index in [0.717, 1.165) is 6.92 Å². The first kappa shape index (κ1) is 57.1. The molecule has 0 bridgehead atoms. The maximum atomic E-state index is 9.50. The topological polar surface area (TPSA) is 238 Å². The quantitative estimate of drug-likeness (QED) is 0.292. The van der Waals surface area contributed by atoms with Gasteiger partial charge in [-0.25, -0.2) is 0 Å². The van der Waals surface area contributed by atoms with Crippen LogP contribution < -0.4 is 173 Å². The molecule has 0 aliphatic heterocycles. The molecule has 0 aliphatic rings. The Morgan fingerprint density at radius 2 is 0.679 bits per heavy atom. The number of carbonyl (C=O) groups excluding carboxylic acids is 5. The van der Waals surface area contributed by atoms with Crippen LogP contribution in [0.3, 0.4) is 0 Å². The number of aliphatic carboxylic acids is 5. The molecule has 0 spiro atoms. The monoisotopic (exact) mass is 452 g/mol. The molecule has 0 fully saturated rings. The molecule has 0 heterocycles. The van der Waals surface area contributed by atoms with Gasteiger partial charge in [0.1, 0.15) is 0 Å². The third-order valence-corrected chi connectivity index (χ3v) is 1.07. The van der Waals surface area contributed by atoms with Gasteiger partial charge in [-0.3, -0.25) is 4.79 Å². The van der Waals surface area contributed by atoms with Crippen molar-refractivity contribution in [3.05, 3.63) is 0 Å². The molecular weight excluding hydrogens is 439 g/mol. The van der Waals surface area contributed by atoms with Crippen LogP contribution in [0.4, 0.5) is 0 Å². The summed E-state index contributed by atoms with van der Waals surface area (Å²) in [5, 5.41) is 53.8. The molecule has 0 saturated carbocycles. The van der Waals surface area contributed by atoms with Gasteiger partial charge in [0.2, 0.25) is 0 Å². The summed E-state index contributed by atoms with van der Waals surface area (Å²) in [6, 6.07) is 0. The van der Waals surface area contributed by atoms with E-state index in [1.165, 1.54) is 0 Å². The maximum Gasteiger partial charge on any atom is 1.00 e. The molecule has 0 unspecified atom stereocenters. The summed E-state index contributed by atoms with van der Waals surface area (Å²) in [7, 11) is 0. The first-order valence-corrected chi connectivity index (χ1v) is 5.45. The van der Waals surface area contributed by atoms with Crippen molar-refractivity contribution in [2.45, 2.75) is 32.6 Å². The molecule has 0 aromatic carbocycles. The molecule has 0 aromatic rings. The third kappa shape index (κ3) is 143. The minimum atomic E-state index is -1.37. The van der Waals surface area contributed by atoms with Crippen LogP contribution in [0.2, 0.25) is 0 Å². The first-order valence-electron chi connectivity index (χ1n) is 5.45. The minimum absolute atomic E-state index is 0. The summed E-state index contributed by atoms with van der Waals surface area (Å²) in [5.74, 6) is -6.55. The van der Waals surface area contributed by atoms with E-state index in [9.17, 15) is 39.6 Å². The number of hydrogen-bond acceptors (Lipinski definition) is 11. The van der Waals surface area contributed by atoms with E-state index < -0.39 is 55.5 Å². The summed E-state index contributed by atoms with van der Waals surface area (Å²) in [5.41, 5.74) is 0. The zero-order valence-corrected chi connectivity index (χ0v) is 26.8. The summed E-state index contributed by atoms with van der Waals surface area (Å²) < 4.78 is 0. The van der Waals surface area contributed by atoms with Crippen LogP contribution in [-0.2, 0) is 28.8 Å². The SMILES string of the molecule is CC(=O)[O-].O=C([O-])CCC(=O)[O-].O=C([O-])CCC(=O)[O-].O=CO.[Na+].[Na+].[Na+].[Na+].[Na+]. The van der Waals surface area contributed by atoms with Gasteiger partial charge in [-0.05, 0) is 32.6 Å². The molecule has 0 aliphatic carbocycles. The van der Waals surface area contributed by atoms with Gasteiger partial charge in [-0.15, -0.1) is 0 Å². The maximum absolute atomic E-state index is 9.50. The zero-order chi connectivity index (χ0) is 19.4. The molecule has 1 N–H and O–H groups in total. The fraction of sp³-hybridized carbons (Fsp3) is 0.455. The fourth-order valence-electron chi connectivity index (χ4n) is 0.408. The predicted molar refractivity (Wildman–Crippen MR) is 57.9 cm³/mol. The van der Waals surface area contributed by atoms with Crippen LogP contribution in [0.25, 0.3) is 0 Å². The van der Waals surface area contributed by atoms with Crippen molar-refractivity contribution in [1.29, 1.82) is 0 Å². The van der Waals surface area contributed by atoms with Gasteiger partial charge in [0.25, 0.3) is 6.47 Å². The van der Waals surface area contributed by atoms with Crippen LogP contribution in [0.15, 0.2) is 0 Å². The number of carbonyl (C=O) groups is 6. The summed E-state index contributed by atoms with van der Waals surface area (Å²) >= 11 is 0. The van der Waals surface area contributed by atoms with Crippen LogP contribution in [-0.4, -0.2) is 41.4 Å². The van der Waals surface area contributed by atoms with Crippen molar-refractivity contribution >= 4 is 36.3 Å². The van der Waals surface area contributed by atoms with Crippen molar-refractivity contribution in [2.75, 3.05) is 0 Å². The second kappa shape index (κ2) is 46.8. The fourth-order valence-corrected chi connectivity index (χ4v) is 0.408. The molecule has 0 aromatic heterocycles. The molecule has 28 heavy (non-hydrogen) atoms. The Labute approximate surface area is 271 Å². The van der Waals surface area contributed by atoms with Crippen molar-refractivity contribution in [3.8, 4) is 0 Å². The summed E-state index contributed by atoms with van der Waals surface area (Å²) in [6.07, 6.45) is -1.88. The number of hydrogen-bond donors (Lipinski definition) is 1. The number of carboxylic acid groups (broad SMARTS) is 6. The molecule has 0 rings (SSSR count). The van der Waals surface area contributed by atoms with E-state index in [-0.39, 0.29) is 154 Å². The Hall–Kier alpha value is 1.82. The molecule has 0 radical (unpaired) electrons. The minimum Gasteiger partial charge on any atom is -0.550 e. The number of rotatable bonds is 6. The second-order valence-corrected chi connectivity index (χ2v) is 3.09. The molecule has 0 atom stereocenters. The zero-order valence-electron chi connectivity index (χ0n) is 16.8. The summed E-state index contributed by atoms with van der Waals surface area (Å²) in [4.78, 5) is 55.3. The van der Waals surface area contributed by atoms with Crippen LogP contribution in [0.1, 0.15) is 32.6 Å². The Bertz CT molecular complexity index is 345. The average molecular weight is 452 g/mol. The van der Waals surface area contributed by atoms with E-state index >= 15 is 0 Å². The molecule has 0 saturated heterocycles. The van der Waals surface area contributed by atoms with Gasteiger partial charge in [0.15, 0.2) is 0 Å². The van der Waals surface area contributed by atoms with Crippen molar-refractivity contribution in [1.82, 2.24) is 0 Å². The Kier molecular flexibility index (Phi) is 95.6. The van der Waals surface area contributed by atoms with E-state index in [2.05, 4.69) is 0 Å². The second-order valence-electron chi connectivity index (χ2n) is 3.09. The van der Waals surface area contributed by atoms with Crippen LogP contribution in [0.5, 0.6) is 0 Å². The van der Waals surface area contributed by atoms with Crippen molar-refractivity contribution < 1.29 is 207 Å². The van der Waals surface area contributed by atoms with Gasteiger partial charge in [0.05, 0.1) is 0 Å². The molecule has 134 valence electrons. The molecular formula is C11H13Na5O12. The molecule has 17 heteroatoms. The first-order chi connectivity index (χ1) is 10.4. The van der Waals surface area contributed by atoms with E-state index in [4.69, 9.17) is 19.8 Å². The standard InChI is InChI=1S/2C4H6O4.C2H4O2.CH2O2.5Na/c2*5-3(6)1-2-4(7)8;1-2(3)4;2-1-3;;;;;/h2*1-2H2,(H,5,6)(H,7,8);1H3,(H,3,4);1H,(H,2,3);;;;;/q;;;;5*+1/p-5. The Balaban J connectivity index is -0.0000000246. The number of carboxylic acids is 5. The van der Waals surface area contributed by atoms with E-state index in [0.29, 0.717) is 0 Å². The normalized spacial score (nSPS) is 6.18. The van der Waals surface area contributed by atoms with Gasteiger partial charge >= 0.3 is 148 Å². The smallest absolute Gasteiger partial charge is 0.550 e. The largest absolute Gasteiger partial charge is 1.00 e. The van der Waals surface area contributed by atoms with Crippen LogP contribution >= 0.6 is 0 Å². The average Bonchev–Trinajstić information content (AvgIpc) is 2.35. The molecule has 12 nitrogen and oxygen atoms in total. The predicted octanol–water partition coefficient (Wildman–Crippen LogP) is -22.0. The molecule has 0 amide bonds. The van der Waals surface area contributed by atoms with Gasteiger partial charge in [-0.2, -0.15) is 0 Å². The van der Waals surface area contributed by atoms with E-state index in [1.54, 1.807) is 0 Å². The Morgan fingerprint density at radius 1 is 0.607 bits per heavy atom. The Morgan fingerprint density at radius 3 is 0.714 bits per heavy atom. The van der Waals surface area contributed by atoms with Gasteiger partial charge in [0, 0.05) is 29.8 Å². The van der Waals surface area contributed by atoms with E-state index in [1.807, 2.05) is 0 Å².